The number of likely N-dealkylation sites (tertiary alicyclic amines) is 1. The van der Waals surface area contributed by atoms with Gasteiger partial charge in [0, 0.05) is 37.7 Å². The number of carbonyl (C=O) groups excluding carboxylic acids is 2. The molecule has 0 radical (unpaired) electrons. The van der Waals surface area contributed by atoms with Crippen LogP contribution in [-0.2, 0) is 11.3 Å². The summed E-state index contributed by atoms with van der Waals surface area (Å²) in [6, 6.07) is 11.5. The van der Waals surface area contributed by atoms with Crippen LogP contribution < -0.4 is 5.73 Å². The summed E-state index contributed by atoms with van der Waals surface area (Å²) in [5.41, 5.74) is 9.55. The van der Waals surface area contributed by atoms with Crippen LogP contribution in [0.5, 0.6) is 0 Å². The predicted octanol–water partition coefficient (Wildman–Crippen LogP) is 2.78. The number of nitrogens with zero attached hydrogens (tertiary/aromatic N) is 5. The minimum atomic E-state index is -0.240. The first-order chi connectivity index (χ1) is 14.9. The zero-order valence-electron chi connectivity index (χ0n) is 18.0. The summed E-state index contributed by atoms with van der Waals surface area (Å²) < 4.78 is 3.51. The minimum absolute atomic E-state index is 0.0439. The van der Waals surface area contributed by atoms with Crippen LogP contribution in [0.2, 0.25) is 0 Å². The van der Waals surface area contributed by atoms with E-state index in [1.807, 2.05) is 54.9 Å². The third-order valence-corrected chi connectivity index (χ3v) is 5.85. The van der Waals surface area contributed by atoms with Crippen LogP contribution in [0, 0.1) is 19.8 Å². The van der Waals surface area contributed by atoms with Gasteiger partial charge in [0.25, 0.3) is 0 Å². The lowest BCUT2D eigenvalue weighted by atomic mass is 9.98. The summed E-state index contributed by atoms with van der Waals surface area (Å²) in [7, 11) is 0. The van der Waals surface area contributed by atoms with Crippen molar-refractivity contribution in [1.82, 2.24) is 24.5 Å². The van der Waals surface area contributed by atoms with Crippen molar-refractivity contribution < 1.29 is 9.59 Å². The lowest BCUT2D eigenvalue weighted by Crippen LogP contribution is -2.30. The van der Waals surface area contributed by atoms with Crippen LogP contribution in [0.4, 0.5) is 5.82 Å². The van der Waals surface area contributed by atoms with Crippen LogP contribution in [0.3, 0.4) is 0 Å². The van der Waals surface area contributed by atoms with Gasteiger partial charge in [0.15, 0.2) is 5.78 Å². The van der Waals surface area contributed by atoms with E-state index >= 15 is 0 Å². The van der Waals surface area contributed by atoms with Crippen molar-refractivity contribution in [2.24, 2.45) is 5.92 Å². The number of nitrogen functional groups attached to an aromatic ring is 1. The monoisotopic (exact) mass is 420 g/mol. The molecule has 1 amide bonds. The van der Waals surface area contributed by atoms with E-state index in [9.17, 15) is 9.59 Å². The molecule has 3 heterocycles. The van der Waals surface area contributed by atoms with Gasteiger partial charge in [-0.05, 0) is 44.9 Å². The van der Waals surface area contributed by atoms with E-state index in [0.29, 0.717) is 37.3 Å². The molecule has 3 aromatic rings. The second kappa shape index (κ2) is 8.75. The van der Waals surface area contributed by atoms with E-state index in [1.165, 1.54) is 6.20 Å². The average molecular weight is 421 g/mol. The molecule has 8 heteroatoms. The van der Waals surface area contributed by atoms with Crippen LogP contribution >= 0.6 is 0 Å². The fourth-order valence-corrected chi connectivity index (χ4v) is 4.18. The van der Waals surface area contributed by atoms with Gasteiger partial charge < -0.3 is 10.6 Å². The first-order valence-electron chi connectivity index (χ1n) is 10.7. The number of nitrogens with two attached hydrogens (primary N) is 1. The maximum absolute atomic E-state index is 13.0. The molecule has 0 unspecified atom stereocenters. The first-order valence-corrected chi connectivity index (χ1v) is 10.7. The SMILES string of the molecule is Cc1cc(C)n(CCCC(=O)N2CC[C@@H](C(=O)c3cnn(-c4ccccc4)c3N)C2)n1. The molecule has 1 saturated heterocycles. The van der Waals surface area contributed by atoms with Crippen molar-refractivity contribution in [3.8, 4) is 5.69 Å². The Labute approximate surface area is 181 Å². The van der Waals surface area contributed by atoms with Gasteiger partial charge in [-0.25, -0.2) is 4.68 Å². The van der Waals surface area contributed by atoms with Gasteiger partial charge in [0.2, 0.25) is 5.91 Å². The quantitative estimate of drug-likeness (QED) is 0.593. The number of anilines is 1. The van der Waals surface area contributed by atoms with Gasteiger partial charge in [-0.15, -0.1) is 0 Å². The highest BCUT2D eigenvalue weighted by Gasteiger charge is 2.33. The summed E-state index contributed by atoms with van der Waals surface area (Å²) in [5, 5.41) is 8.73. The Morgan fingerprint density at radius 3 is 2.68 bits per heavy atom. The van der Waals surface area contributed by atoms with Gasteiger partial charge in [0.1, 0.15) is 5.82 Å². The number of benzene rings is 1. The normalized spacial score (nSPS) is 16.1. The number of Topliss-reactive ketones (excluding diaryl/α,β-unsaturated/α-hetero) is 1. The van der Waals surface area contributed by atoms with Crippen molar-refractivity contribution >= 4 is 17.5 Å². The van der Waals surface area contributed by atoms with Gasteiger partial charge >= 0.3 is 0 Å². The van der Waals surface area contributed by atoms with E-state index in [4.69, 9.17) is 5.73 Å². The minimum Gasteiger partial charge on any atom is -0.383 e. The standard InChI is InChI=1S/C23H28N6O2/c1-16-13-17(2)28(26-16)11-6-9-21(30)27-12-10-18(15-27)22(31)20-14-25-29(23(20)24)19-7-4-3-5-8-19/h3-5,7-8,13-14,18H,6,9-12,15,24H2,1-2H3/t18-/m1/s1. The fourth-order valence-electron chi connectivity index (χ4n) is 4.18. The molecule has 1 aromatic carbocycles. The Morgan fingerprint density at radius 2 is 1.97 bits per heavy atom. The Kier molecular flexibility index (Phi) is 5.88. The van der Waals surface area contributed by atoms with Crippen molar-refractivity contribution in [2.75, 3.05) is 18.8 Å². The molecule has 1 aliphatic heterocycles. The molecule has 1 fully saturated rings. The molecule has 0 saturated carbocycles. The Balaban J connectivity index is 1.33. The molecule has 0 aliphatic carbocycles. The fraction of sp³-hybridized carbons (Fsp3) is 0.391. The molecular formula is C23H28N6O2. The smallest absolute Gasteiger partial charge is 0.222 e. The van der Waals surface area contributed by atoms with Crippen LogP contribution in [0.1, 0.15) is 41.0 Å². The maximum atomic E-state index is 13.0. The van der Waals surface area contributed by atoms with Crippen molar-refractivity contribution in [3.05, 3.63) is 59.5 Å². The highest BCUT2D eigenvalue weighted by Crippen LogP contribution is 2.26. The number of ketones is 1. The number of aromatic nitrogens is 4. The molecule has 0 spiro atoms. The number of aryl methyl sites for hydroxylation is 3. The van der Waals surface area contributed by atoms with E-state index < -0.39 is 0 Å². The van der Waals surface area contributed by atoms with Crippen molar-refractivity contribution in [3.63, 3.8) is 0 Å². The second-order valence-electron chi connectivity index (χ2n) is 8.13. The number of hydrogen-bond donors (Lipinski definition) is 1. The van der Waals surface area contributed by atoms with E-state index in [1.54, 1.807) is 9.58 Å². The number of rotatable bonds is 7. The molecule has 2 aromatic heterocycles. The predicted molar refractivity (Wildman–Crippen MR) is 118 cm³/mol. The average Bonchev–Trinajstić information content (AvgIpc) is 3.47. The van der Waals surface area contributed by atoms with E-state index in [0.717, 1.165) is 30.0 Å². The summed E-state index contributed by atoms with van der Waals surface area (Å²) in [6.07, 6.45) is 3.36. The van der Waals surface area contributed by atoms with Crippen LogP contribution in [0.25, 0.3) is 5.69 Å². The van der Waals surface area contributed by atoms with Crippen LogP contribution in [0.15, 0.2) is 42.6 Å². The number of carbonyl (C=O) groups is 2. The zero-order chi connectivity index (χ0) is 22.0. The second-order valence-corrected chi connectivity index (χ2v) is 8.13. The third-order valence-electron chi connectivity index (χ3n) is 5.85. The van der Waals surface area contributed by atoms with Gasteiger partial charge in [0.05, 0.1) is 23.1 Å². The maximum Gasteiger partial charge on any atom is 0.222 e. The number of para-hydroxylation sites is 1. The summed E-state index contributed by atoms with van der Waals surface area (Å²) >= 11 is 0. The summed E-state index contributed by atoms with van der Waals surface area (Å²) in [4.78, 5) is 27.5. The van der Waals surface area contributed by atoms with Crippen molar-refractivity contribution in [2.45, 2.75) is 39.7 Å². The third kappa shape index (κ3) is 4.38. The van der Waals surface area contributed by atoms with Crippen molar-refractivity contribution in [1.29, 1.82) is 0 Å². The number of amides is 1. The molecule has 1 atom stereocenters. The summed E-state index contributed by atoms with van der Waals surface area (Å²) in [5.74, 6) is 0.143. The molecule has 8 nitrogen and oxygen atoms in total. The Hall–Kier alpha value is -3.42. The molecule has 4 rings (SSSR count). The summed E-state index contributed by atoms with van der Waals surface area (Å²) in [6.45, 7) is 5.74. The first kappa shape index (κ1) is 20.8. The van der Waals surface area contributed by atoms with Gasteiger partial charge in [-0.3, -0.25) is 14.3 Å². The zero-order valence-corrected chi connectivity index (χ0v) is 18.0. The molecule has 2 N–H and O–H groups in total. The molecule has 31 heavy (non-hydrogen) atoms. The lowest BCUT2D eigenvalue weighted by Gasteiger charge is -2.16. The largest absolute Gasteiger partial charge is 0.383 e. The van der Waals surface area contributed by atoms with Crippen LogP contribution in [-0.4, -0.2) is 49.2 Å². The Morgan fingerprint density at radius 1 is 1.19 bits per heavy atom. The topological polar surface area (TPSA) is 99.0 Å². The lowest BCUT2D eigenvalue weighted by molar-refractivity contribution is -0.130. The number of hydrogen-bond acceptors (Lipinski definition) is 5. The molecule has 1 aliphatic rings. The molecular weight excluding hydrogens is 392 g/mol. The van der Waals surface area contributed by atoms with Gasteiger partial charge in [-0.2, -0.15) is 10.2 Å². The molecule has 0 bridgehead atoms. The van der Waals surface area contributed by atoms with Gasteiger partial charge in [-0.1, -0.05) is 18.2 Å². The van der Waals surface area contributed by atoms with E-state index in [2.05, 4.69) is 10.2 Å². The van der Waals surface area contributed by atoms with E-state index in [-0.39, 0.29) is 17.6 Å². The Bertz CT molecular complexity index is 1080. The molecule has 162 valence electrons. The highest BCUT2D eigenvalue weighted by molar-refractivity contribution is 6.02. The highest BCUT2D eigenvalue weighted by atomic mass is 16.2.